The summed E-state index contributed by atoms with van der Waals surface area (Å²) in [7, 11) is -3.65. The van der Waals surface area contributed by atoms with Gasteiger partial charge in [0.2, 0.25) is 5.76 Å². The van der Waals surface area contributed by atoms with Gasteiger partial charge in [0.05, 0.1) is 22.6 Å². The average molecular weight is 649 g/mol. The zero-order chi connectivity index (χ0) is 32.7. The number of halogens is 6. The summed E-state index contributed by atoms with van der Waals surface area (Å²) in [6.07, 6.45) is -6.16. The van der Waals surface area contributed by atoms with Crippen molar-refractivity contribution in [1.29, 1.82) is 0 Å². The fourth-order valence-electron chi connectivity index (χ4n) is 5.13. The first-order valence-corrected chi connectivity index (χ1v) is 15.4. The van der Waals surface area contributed by atoms with Crippen LogP contribution >= 0.6 is 0 Å². The molecule has 1 aliphatic heterocycles. The quantitative estimate of drug-likeness (QED) is 0.210. The average Bonchev–Trinajstić information content (AvgIpc) is 3.45. The highest BCUT2D eigenvalue weighted by Gasteiger charge is 2.37. The molecule has 1 N–H and O–H groups in total. The molecule has 0 radical (unpaired) electrons. The van der Waals surface area contributed by atoms with Crippen LogP contribution in [0.25, 0.3) is 16.3 Å². The lowest BCUT2D eigenvalue weighted by molar-refractivity contribution is -0.153. The van der Waals surface area contributed by atoms with E-state index in [4.69, 9.17) is 4.42 Å². The number of allylic oxidation sites excluding steroid dienone is 1. The summed E-state index contributed by atoms with van der Waals surface area (Å²) < 4.78 is 112. The lowest BCUT2D eigenvalue weighted by Gasteiger charge is -2.26. The van der Waals surface area contributed by atoms with Crippen LogP contribution in [0.15, 0.2) is 88.3 Å². The number of sulfone groups is 1. The maximum Gasteiger partial charge on any atom is 0.449 e. The van der Waals surface area contributed by atoms with Gasteiger partial charge >= 0.3 is 12.4 Å². The minimum Gasteiger partial charge on any atom is -0.455 e. The second kappa shape index (κ2) is 11.8. The maximum absolute atomic E-state index is 14.5. The molecule has 0 spiro atoms. The highest BCUT2D eigenvalue weighted by atomic mass is 32.2. The SMILES string of the molecule is Cc1ccc2ccccc2c1C(=O)N(Cc1ccc(C(F)(F)F)o1)Cc1ccc(C2=CC(S(C)(=O)=O)=CNC2)cc1C(F)(F)F. The number of hydrogen-bond acceptors (Lipinski definition) is 5. The van der Waals surface area contributed by atoms with Crippen LogP contribution in [0, 0.1) is 6.92 Å². The Morgan fingerprint density at radius 1 is 0.933 bits per heavy atom. The third kappa shape index (κ3) is 6.93. The van der Waals surface area contributed by atoms with E-state index in [1.807, 2.05) is 0 Å². The van der Waals surface area contributed by atoms with Gasteiger partial charge in [-0.05, 0) is 64.2 Å². The van der Waals surface area contributed by atoms with Crippen molar-refractivity contribution in [3.05, 3.63) is 123 Å². The number of rotatable bonds is 7. The third-order valence-electron chi connectivity index (χ3n) is 7.35. The van der Waals surface area contributed by atoms with E-state index in [1.54, 1.807) is 43.3 Å². The molecule has 0 atom stereocenters. The molecule has 1 aromatic heterocycles. The number of hydrogen-bond donors (Lipinski definition) is 1. The van der Waals surface area contributed by atoms with Crippen molar-refractivity contribution in [1.82, 2.24) is 10.2 Å². The smallest absolute Gasteiger partial charge is 0.449 e. The largest absolute Gasteiger partial charge is 0.455 e. The van der Waals surface area contributed by atoms with E-state index in [1.165, 1.54) is 24.4 Å². The first-order chi connectivity index (χ1) is 21.0. The van der Waals surface area contributed by atoms with Crippen LogP contribution in [0.4, 0.5) is 26.3 Å². The van der Waals surface area contributed by atoms with Crippen molar-refractivity contribution in [2.45, 2.75) is 32.4 Å². The van der Waals surface area contributed by atoms with Gasteiger partial charge in [-0.1, -0.05) is 48.5 Å². The molecule has 6 nitrogen and oxygen atoms in total. The molecule has 2 heterocycles. The van der Waals surface area contributed by atoms with Crippen LogP contribution in [0.5, 0.6) is 0 Å². The number of alkyl halides is 6. The fourth-order valence-corrected chi connectivity index (χ4v) is 5.79. The van der Waals surface area contributed by atoms with Gasteiger partial charge in [-0.2, -0.15) is 26.3 Å². The third-order valence-corrected chi connectivity index (χ3v) is 8.45. The van der Waals surface area contributed by atoms with Crippen LogP contribution in [-0.2, 0) is 35.3 Å². The number of nitrogens with zero attached hydrogens (tertiary/aromatic N) is 1. The Bertz CT molecular complexity index is 1960. The topological polar surface area (TPSA) is 79.6 Å². The van der Waals surface area contributed by atoms with Gasteiger partial charge in [0.15, 0.2) is 9.84 Å². The summed E-state index contributed by atoms with van der Waals surface area (Å²) in [5.74, 6) is -2.27. The van der Waals surface area contributed by atoms with E-state index in [9.17, 15) is 39.6 Å². The van der Waals surface area contributed by atoms with E-state index < -0.39 is 52.5 Å². The summed E-state index contributed by atoms with van der Waals surface area (Å²) >= 11 is 0. The molecule has 3 aromatic carbocycles. The van der Waals surface area contributed by atoms with E-state index in [0.29, 0.717) is 28.0 Å². The van der Waals surface area contributed by atoms with Crippen LogP contribution in [-0.4, -0.2) is 32.0 Å². The maximum atomic E-state index is 14.5. The molecule has 0 saturated heterocycles. The molecule has 1 aliphatic rings. The second-order valence-electron chi connectivity index (χ2n) is 10.6. The van der Waals surface area contributed by atoms with Crippen LogP contribution in [0.2, 0.25) is 0 Å². The normalized spacial score (nSPS) is 14.1. The zero-order valence-electron chi connectivity index (χ0n) is 23.9. The standard InChI is InChI=1S/C32H26F6N2O4S/c1-19-7-8-20-5-3-4-6-26(20)29(19)30(41)40(18-24-11-12-28(44-24)32(36,37)38)17-22-10-9-21(14-27(22)31(33,34)35)23-13-25(16-39-15-23)45(2,42)43/h3-14,16,39H,15,17-18H2,1-2H3. The first-order valence-electron chi connectivity index (χ1n) is 13.5. The Hall–Kier alpha value is -4.52. The number of dihydropyridines is 1. The minimum absolute atomic E-state index is 0.0701. The van der Waals surface area contributed by atoms with Gasteiger partial charge in [0, 0.05) is 25.5 Å². The van der Waals surface area contributed by atoms with Crippen molar-refractivity contribution in [2.24, 2.45) is 0 Å². The van der Waals surface area contributed by atoms with Gasteiger partial charge in [0.1, 0.15) is 5.76 Å². The van der Waals surface area contributed by atoms with Crippen LogP contribution in [0.3, 0.4) is 0 Å². The summed E-state index contributed by atoms with van der Waals surface area (Å²) in [5.41, 5.74) is -0.278. The van der Waals surface area contributed by atoms with Crippen molar-refractivity contribution in [2.75, 3.05) is 12.8 Å². The van der Waals surface area contributed by atoms with E-state index in [0.717, 1.165) is 23.3 Å². The number of benzene rings is 3. The van der Waals surface area contributed by atoms with Crippen molar-refractivity contribution in [3.63, 3.8) is 0 Å². The Kier molecular flexibility index (Phi) is 8.34. The van der Waals surface area contributed by atoms with Gasteiger partial charge < -0.3 is 14.6 Å². The van der Waals surface area contributed by atoms with Crippen molar-refractivity contribution >= 4 is 32.1 Å². The van der Waals surface area contributed by atoms with E-state index in [2.05, 4.69) is 5.32 Å². The Balaban J connectivity index is 1.59. The van der Waals surface area contributed by atoms with Gasteiger partial charge in [0.25, 0.3) is 5.91 Å². The molecule has 0 bridgehead atoms. The van der Waals surface area contributed by atoms with Gasteiger partial charge in [-0.15, -0.1) is 0 Å². The Morgan fingerprint density at radius 3 is 2.33 bits per heavy atom. The molecule has 4 aromatic rings. The monoisotopic (exact) mass is 648 g/mol. The molecule has 5 rings (SSSR count). The number of amides is 1. The molecule has 0 aliphatic carbocycles. The number of aryl methyl sites for hydroxylation is 1. The summed E-state index contributed by atoms with van der Waals surface area (Å²) in [6.45, 7) is 0.562. The Morgan fingerprint density at radius 2 is 1.67 bits per heavy atom. The number of carbonyl (C=O) groups excluding carboxylic acids is 1. The Labute approximate surface area is 254 Å². The van der Waals surface area contributed by atoms with E-state index >= 15 is 0 Å². The van der Waals surface area contributed by atoms with Crippen molar-refractivity contribution in [3.8, 4) is 0 Å². The van der Waals surface area contributed by atoms with Gasteiger partial charge in [-0.25, -0.2) is 8.42 Å². The molecule has 0 unspecified atom stereocenters. The number of fused-ring (bicyclic) bond motifs is 1. The predicted molar refractivity (Wildman–Crippen MR) is 156 cm³/mol. The minimum atomic E-state index is -4.89. The molecule has 236 valence electrons. The first kappa shape index (κ1) is 31.9. The summed E-state index contributed by atoms with van der Waals surface area (Å²) in [4.78, 5) is 15.0. The molecule has 1 amide bonds. The highest BCUT2D eigenvalue weighted by molar-refractivity contribution is 7.94. The number of carbonyl (C=O) groups is 1. The predicted octanol–water partition coefficient (Wildman–Crippen LogP) is 7.49. The number of furan rings is 1. The van der Waals surface area contributed by atoms with Crippen molar-refractivity contribution < 1.29 is 44.0 Å². The number of nitrogens with one attached hydrogen (secondary N) is 1. The molecular formula is C32H26F6N2O4S. The molecule has 0 fully saturated rings. The molecular weight excluding hydrogens is 622 g/mol. The zero-order valence-corrected chi connectivity index (χ0v) is 24.7. The van der Waals surface area contributed by atoms with Crippen LogP contribution in [0.1, 0.15) is 44.1 Å². The summed E-state index contributed by atoms with van der Waals surface area (Å²) in [6, 6.07) is 15.5. The van der Waals surface area contributed by atoms with Gasteiger partial charge in [-0.3, -0.25) is 4.79 Å². The summed E-state index contributed by atoms with van der Waals surface area (Å²) in [5, 5.41) is 3.98. The molecule has 13 heteroatoms. The second-order valence-corrected chi connectivity index (χ2v) is 12.7. The van der Waals surface area contributed by atoms with Crippen LogP contribution < -0.4 is 5.32 Å². The lowest BCUT2D eigenvalue weighted by atomic mass is 9.96. The lowest BCUT2D eigenvalue weighted by Crippen LogP contribution is -2.31. The molecule has 0 saturated carbocycles. The fraction of sp³-hybridized carbons (Fsp3) is 0.219. The highest BCUT2D eigenvalue weighted by Crippen LogP contribution is 2.37. The van der Waals surface area contributed by atoms with E-state index in [-0.39, 0.29) is 33.9 Å². The molecule has 45 heavy (non-hydrogen) atoms.